The van der Waals surface area contributed by atoms with Crippen molar-refractivity contribution in [1.82, 2.24) is 10.2 Å². The number of amides is 2. The second-order valence-electron chi connectivity index (χ2n) is 4.85. The van der Waals surface area contributed by atoms with Gasteiger partial charge < -0.3 is 15.3 Å². The number of carboxylic acid groups (broad SMARTS) is 1. The number of carboxylic acids is 1. The number of hydrogen-bond acceptors (Lipinski definition) is 2. The Kier molecular flexibility index (Phi) is 5.36. The Labute approximate surface area is 113 Å². The van der Waals surface area contributed by atoms with Gasteiger partial charge >= 0.3 is 12.0 Å². The van der Waals surface area contributed by atoms with Crippen molar-refractivity contribution in [3.05, 3.63) is 35.9 Å². The van der Waals surface area contributed by atoms with Crippen LogP contribution in [0.2, 0.25) is 0 Å². The molecule has 0 fully saturated rings. The lowest BCUT2D eigenvalue weighted by atomic mass is 10.1. The zero-order chi connectivity index (χ0) is 14.4. The van der Waals surface area contributed by atoms with Crippen LogP contribution in [0.4, 0.5) is 4.79 Å². The summed E-state index contributed by atoms with van der Waals surface area (Å²) in [6, 6.07) is 8.28. The molecular formula is C14H20N2O3. The lowest BCUT2D eigenvalue weighted by Gasteiger charge is -2.23. The average molecular weight is 264 g/mol. The van der Waals surface area contributed by atoms with Crippen LogP contribution in [0.25, 0.3) is 0 Å². The third kappa shape index (κ3) is 4.62. The van der Waals surface area contributed by atoms with Crippen LogP contribution in [-0.2, 0) is 11.3 Å². The van der Waals surface area contributed by atoms with Gasteiger partial charge in [-0.1, -0.05) is 44.2 Å². The van der Waals surface area contributed by atoms with Crippen molar-refractivity contribution in [1.29, 1.82) is 0 Å². The first-order valence-electron chi connectivity index (χ1n) is 6.20. The largest absolute Gasteiger partial charge is 0.480 e. The van der Waals surface area contributed by atoms with Crippen LogP contribution < -0.4 is 5.32 Å². The minimum atomic E-state index is -1.02. The molecule has 0 saturated heterocycles. The molecule has 0 aromatic heterocycles. The fourth-order valence-corrected chi connectivity index (χ4v) is 1.69. The molecule has 0 bridgehead atoms. The molecule has 0 saturated carbocycles. The smallest absolute Gasteiger partial charge is 0.326 e. The quantitative estimate of drug-likeness (QED) is 0.853. The monoisotopic (exact) mass is 264 g/mol. The molecule has 2 amide bonds. The third-order valence-corrected chi connectivity index (χ3v) is 2.82. The van der Waals surface area contributed by atoms with E-state index < -0.39 is 12.0 Å². The Morgan fingerprint density at radius 3 is 2.32 bits per heavy atom. The number of carbonyl (C=O) groups is 2. The highest BCUT2D eigenvalue weighted by Gasteiger charge is 2.24. The summed E-state index contributed by atoms with van der Waals surface area (Å²) < 4.78 is 0. The average Bonchev–Trinajstić information content (AvgIpc) is 2.35. The maximum absolute atomic E-state index is 11.9. The Hall–Kier alpha value is -2.04. The molecule has 5 nitrogen and oxygen atoms in total. The molecule has 2 N–H and O–H groups in total. The van der Waals surface area contributed by atoms with Crippen LogP contribution in [-0.4, -0.2) is 35.1 Å². The van der Waals surface area contributed by atoms with Gasteiger partial charge in [-0.2, -0.15) is 0 Å². The highest BCUT2D eigenvalue weighted by Crippen LogP contribution is 2.05. The van der Waals surface area contributed by atoms with Gasteiger partial charge in [-0.25, -0.2) is 9.59 Å². The molecular weight excluding hydrogens is 244 g/mol. The molecule has 0 aliphatic heterocycles. The molecule has 0 aliphatic rings. The SMILES string of the molecule is CC(C)[C@H](NC(=O)N(C)Cc1ccccc1)C(=O)O. The van der Waals surface area contributed by atoms with Gasteiger partial charge in [-0.15, -0.1) is 0 Å². The summed E-state index contributed by atoms with van der Waals surface area (Å²) in [4.78, 5) is 24.4. The van der Waals surface area contributed by atoms with Gasteiger partial charge in [0.1, 0.15) is 6.04 Å². The Bertz CT molecular complexity index is 432. The lowest BCUT2D eigenvalue weighted by molar-refractivity contribution is -0.140. The van der Waals surface area contributed by atoms with E-state index in [1.54, 1.807) is 20.9 Å². The van der Waals surface area contributed by atoms with Crippen LogP contribution in [0.15, 0.2) is 30.3 Å². The fourth-order valence-electron chi connectivity index (χ4n) is 1.69. The second-order valence-corrected chi connectivity index (χ2v) is 4.85. The van der Waals surface area contributed by atoms with Gasteiger partial charge in [0.2, 0.25) is 0 Å². The van der Waals surface area contributed by atoms with Crippen molar-refractivity contribution in [2.75, 3.05) is 7.05 Å². The van der Waals surface area contributed by atoms with Crippen molar-refractivity contribution < 1.29 is 14.7 Å². The summed E-state index contributed by atoms with van der Waals surface area (Å²) in [5, 5.41) is 11.6. The second kappa shape index (κ2) is 6.78. The van der Waals surface area contributed by atoms with Gasteiger partial charge in [0.05, 0.1) is 0 Å². The first kappa shape index (κ1) is 15.0. The van der Waals surface area contributed by atoms with Gasteiger partial charge in [0.25, 0.3) is 0 Å². The summed E-state index contributed by atoms with van der Waals surface area (Å²) in [6.45, 7) is 3.96. The number of benzene rings is 1. The molecule has 1 aromatic carbocycles. The fraction of sp³-hybridized carbons (Fsp3) is 0.429. The van der Waals surface area contributed by atoms with E-state index in [4.69, 9.17) is 5.11 Å². The number of aliphatic carboxylic acids is 1. The molecule has 19 heavy (non-hydrogen) atoms. The number of urea groups is 1. The molecule has 0 unspecified atom stereocenters. The zero-order valence-corrected chi connectivity index (χ0v) is 11.5. The maximum atomic E-state index is 11.9. The first-order valence-corrected chi connectivity index (χ1v) is 6.20. The first-order chi connectivity index (χ1) is 8.91. The summed E-state index contributed by atoms with van der Waals surface area (Å²) in [7, 11) is 1.64. The predicted molar refractivity (Wildman–Crippen MR) is 72.7 cm³/mol. The summed E-state index contributed by atoms with van der Waals surface area (Å²) in [5.41, 5.74) is 0.997. The van der Waals surface area contributed by atoms with E-state index in [1.807, 2.05) is 30.3 Å². The Balaban J connectivity index is 2.60. The summed E-state index contributed by atoms with van der Waals surface area (Å²) in [5.74, 6) is -1.18. The number of rotatable bonds is 5. The molecule has 5 heteroatoms. The van der Waals surface area contributed by atoms with Gasteiger partial charge in [-0.3, -0.25) is 0 Å². The molecule has 0 heterocycles. The van der Waals surface area contributed by atoms with E-state index in [1.165, 1.54) is 4.90 Å². The zero-order valence-electron chi connectivity index (χ0n) is 11.5. The normalized spacial score (nSPS) is 12.0. The number of nitrogens with one attached hydrogen (secondary N) is 1. The van der Waals surface area contributed by atoms with Gasteiger partial charge in [-0.05, 0) is 11.5 Å². The van der Waals surface area contributed by atoms with Crippen molar-refractivity contribution in [2.24, 2.45) is 5.92 Å². The Morgan fingerprint density at radius 1 is 1.26 bits per heavy atom. The highest BCUT2D eigenvalue weighted by molar-refractivity contribution is 5.82. The van der Waals surface area contributed by atoms with E-state index in [0.29, 0.717) is 6.54 Å². The number of carbonyl (C=O) groups excluding carboxylic acids is 1. The predicted octanol–water partition coefficient (Wildman–Crippen LogP) is 1.94. The molecule has 1 aromatic rings. The maximum Gasteiger partial charge on any atom is 0.326 e. The minimum Gasteiger partial charge on any atom is -0.480 e. The number of hydrogen-bond donors (Lipinski definition) is 2. The Morgan fingerprint density at radius 2 is 1.84 bits per heavy atom. The van der Waals surface area contributed by atoms with E-state index in [2.05, 4.69) is 5.32 Å². The van der Waals surface area contributed by atoms with Gasteiger partial charge in [0.15, 0.2) is 0 Å². The molecule has 104 valence electrons. The van der Waals surface area contributed by atoms with Crippen molar-refractivity contribution in [3.63, 3.8) is 0 Å². The number of nitrogens with zero attached hydrogens (tertiary/aromatic N) is 1. The molecule has 0 aliphatic carbocycles. The molecule has 0 radical (unpaired) electrons. The van der Waals surface area contributed by atoms with Crippen LogP contribution in [0.1, 0.15) is 19.4 Å². The minimum absolute atomic E-state index is 0.161. The third-order valence-electron chi connectivity index (χ3n) is 2.82. The lowest BCUT2D eigenvalue weighted by Crippen LogP contribution is -2.48. The highest BCUT2D eigenvalue weighted by atomic mass is 16.4. The van der Waals surface area contributed by atoms with Crippen molar-refractivity contribution in [2.45, 2.75) is 26.4 Å². The molecule has 0 spiro atoms. The van der Waals surface area contributed by atoms with E-state index in [0.717, 1.165) is 5.56 Å². The van der Waals surface area contributed by atoms with Crippen LogP contribution in [0.3, 0.4) is 0 Å². The van der Waals surface area contributed by atoms with E-state index in [-0.39, 0.29) is 11.9 Å². The van der Waals surface area contributed by atoms with Crippen molar-refractivity contribution in [3.8, 4) is 0 Å². The summed E-state index contributed by atoms with van der Waals surface area (Å²) in [6.07, 6.45) is 0. The van der Waals surface area contributed by atoms with Gasteiger partial charge in [0, 0.05) is 13.6 Å². The summed E-state index contributed by atoms with van der Waals surface area (Å²) >= 11 is 0. The van der Waals surface area contributed by atoms with Crippen LogP contribution in [0.5, 0.6) is 0 Å². The van der Waals surface area contributed by atoms with E-state index in [9.17, 15) is 9.59 Å². The van der Waals surface area contributed by atoms with Crippen LogP contribution >= 0.6 is 0 Å². The standard InChI is InChI=1S/C14H20N2O3/c1-10(2)12(13(17)18)15-14(19)16(3)9-11-7-5-4-6-8-11/h4-8,10,12H,9H2,1-3H3,(H,15,19)(H,17,18)/t12-/m0/s1. The van der Waals surface area contributed by atoms with Crippen molar-refractivity contribution >= 4 is 12.0 Å². The molecule has 1 rings (SSSR count). The van der Waals surface area contributed by atoms with E-state index >= 15 is 0 Å². The topological polar surface area (TPSA) is 69.6 Å². The molecule has 1 atom stereocenters. The van der Waals surface area contributed by atoms with Crippen LogP contribution in [0, 0.1) is 5.92 Å².